The first kappa shape index (κ1) is 16.7. The lowest BCUT2D eigenvalue weighted by Gasteiger charge is -2.27. The first-order valence-corrected chi connectivity index (χ1v) is 5.23. The molecule has 0 aliphatic carbocycles. The Labute approximate surface area is 103 Å². The highest BCUT2D eigenvalue weighted by atomic mass is 19.4. The number of alkyl halides is 3. The lowest BCUT2D eigenvalue weighted by atomic mass is 9.87. The molecule has 0 aliphatic rings. The van der Waals surface area contributed by atoms with Crippen LogP contribution in [0.15, 0.2) is 0 Å². The fourth-order valence-corrected chi connectivity index (χ4v) is 1.18. The number of halogens is 3. The van der Waals surface area contributed by atoms with Crippen molar-refractivity contribution in [2.45, 2.75) is 33.0 Å². The Bertz CT molecular complexity index is 310. The van der Waals surface area contributed by atoms with Crippen LogP contribution in [-0.2, 0) is 9.59 Å². The molecule has 0 spiro atoms. The minimum absolute atomic E-state index is 0.584. The molecule has 1 atom stereocenters. The van der Waals surface area contributed by atoms with Crippen molar-refractivity contribution < 1.29 is 27.9 Å². The minimum atomic E-state index is -4.41. The van der Waals surface area contributed by atoms with Crippen LogP contribution in [0.4, 0.5) is 13.2 Å². The van der Waals surface area contributed by atoms with E-state index in [9.17, 15) is 22.8 Å². The van der Waals surface area contributed by atoms with Gasteiger partial charge in [-0.25, -0.2) is 4.79 Å². The standard InChI is InChI=1S/C10H17F3N2O3/c1-9(2,3)7(8(17)18)15-6(16)4-14-5-10(11,12)13/h7,14H,4-5H2,1-3H3,(H,15,16)(H,17,18). The zero-order valence-corrected chi connectivity index (χ0v) is 10.4. The summed E-state index contributed by atoms with van der Waals surface area (Å²) < 4.78 is 35.4. The zero-order chi connectivity index (χ0) is 14.6. The van der Waals surface area contributed by atoms with Crippen molar-refractivity contribution in [3.05, 3.63) is 0 Å². The van der Waals surface area contributed by atoms with E-state index in [-0.39, 0.29) is 0 Å². The normalized spacial score (nSPS) is 14.1. The summed E-state index contributed by atoms with van der Waals surface area (Å²) in [5.74, 6) is -2.02. The van der Waals surface area contributed by atoms with Crippen LogP contribution in [-0.4, -0.2) is 42.3 Å². The Balaban J connectivity index is 4.25. The largest absolute Gasteiger partial charge is 0.480 e. The molecule has 0 saturated carbocycles. The molecule has 0 aromatic carbocycles. The van der Waals surface area contributed by atoms with Gasteiger partial charge in [0.2, 0.25) is 5.91 Å². The monoisotopic (exact) mass is 270 g/mol. The number of carboxylic acid groups (broad SMARTS) is 1. The maximum Gasteiger partial charge on any atom is 0.401 e. The second-order valence-electron chi connectivity index (χ2n) is 4.92. The Morgan fingerprint density at radius 1 is 1.22 bits per heavy atom. The predicted molar refractivity (Wildman–Crippen MR) is 57.9 cm³/mol. The van der Waals surface area contributed by atoms with Crippen LogP contribution in [0.3, 0.4) is 0 Å². The smallest absolute Gasteiger partial charge is 0.401 e. The van der Waals surface area contributed by atoms with Crippen molar-refractivity contribution in [2.75, 3.05) is 13.1 Å². The van der Waals surface area contributed by atoms with Crippen molar-refractivity contribution in [3.8, 4) is 0 Å². The zero-order valence-electron chi connectivity index (χ0n) is 10.4. The highest BCUT2D eigenvalue weighted by Crippen LogP contribution is 2.19. The number of nitrogens with one attached hydrogen (secondary N) is 2. The lowest BCUT2D eigenvalue weighted by Crippen LogP contribution is -2.51. The quantitative estimate of drug-likeness (QED) is 0.689. The van der Waals surface area contributed by atoms with E-state index in [2.05, 4.69) is 5.32 Å². The average molecular weight is 270 g/mol. The molecule has 1 amide bonds. The van der Waals surface area contributed by atoms with E-state index in [4.69, 9.17) is 5.11 Å². The molecule has 18 heavy (non-hydrogen) atoms. The first-order valence-electron chi connectivity index (χ1n) is 5.23. The molecule has 0 radical (unpaired) electrons. The van der Waals surface area contributed by atoms with E-state index < -0.39 is 42.6 Å². The van der Waals surface area contributed by atoms with Gasteiger partial charge in [-0.3, -0.25) is 4.79 Å². The summed E-state index contributed by atoms with van der Waals surface area (Å²) in [7, 11) is 0. The molecule has 5 nitrogen and oxygen atoms in total. The molecular weight excluding hydrogens is 253 g/mol. The second kappa shape index (κ2) is 6.03. The minimum Gasteiger partial charge on any atom is -0.480 e. The molecule has 3 N–H and O–H groups in total. The fraction of sp³-hybridized carbons (Fsp3) is 0.800. The number of carbonyl (C=O) groups is 2. The van der Waals surface area contributed by atoms with Crippen molar-refractivity contribution in [1.29, 1.82) is 0 Å². The molecule has 0 aromatic rings. The number of amides is 1. The molecule has 0 saturated heterocycles. The van der Waals surface area contributed by atoms with Crippen molar-refractivity contribution >= 4 is 11.9 Å². The van der Waals surface area contributed by atoms with Gasteiger partial charge in [0.05, 0.1) is 13.1 Å². The van der Waals surface area contributed by atoms with Crippen LogP contribution >= 0.6 is 0 Å². The lowest BCUT2D eigenvalue weighted by molar-refractivity contribution is -0.145. The van der Waals surface area contributed by atoms with Gasteiger partial charge >= 0.3 is 12.1 Å². The van der Waals surface area contributed by atoms with Crippen LogP contribution in [0.2, 0.25) is 0 Å². The van der Waals surface area contributed by atoms with Gasteiger partial charge in [0.1, 0.15) is 6.04 Å². The van der Waals surface area contributed by atoms with E-state index in [1.165, 1.54) is 0 Å². The number of rotatable bonds is 5. The van der Waals surface area contributed by atoms with E-state index >= 15 is 0 Å². The molecule has 0 rings (SSSR count). The number of hydrogen-bond donors (Lipinski definition) is 3. The van der Waals surface area contributed by atoms with Gasteiger partial charge in [0.25, 0.3) is 0 Å². The number of carboxylic acids is 1. The summed E-state index contributed by atoms with van der Waals surface area (Å²) in [6.45, 7) is 2.94. The van der Waals surface area contributed by atoms with Crippen LogP contribution in [0.25, 0.3) is 0 Å². The third-order valence-corrected chi connectivity index (χ3v) is 2.03. The van der Waals surface area contributed by atoms with E-state index in [0.29, 0.717) is 0 Å². The van der Waals surface area contributed by atoms with Crippen molar-refractivity contribution in [1.82, 2.24) is 10.6 Å². The molecule has 106 valence electrons. The second-order valence-corrected chi connectivity index (χ2v) is 4.92. The molecule has 0 heterocycles. The maximum absolute atomic E-state index is 11.8. The Morgan fingerprint density at radius 2 is 1.72 bits per heavy atom. The van der Waals surface area contributed by atoms with Crippen LogP contribution in [0.5, 0.6) is 0 Å². The molecule has 0 bridgehead atoms. The van der Waals surface area contributed by atoms with Crippen LogP contribution < -0.4 is 10.6 Å². The predicted octanol–water partition coefficient (Wildman–Crippen LogP) is 0.754. The van der Waals surface area contributed by atoms with Gasteiger partial charge in [-0.2, -0.15) is 13.2 Å². The Kier molecular flexibility index (Phi) is 5.59. The third kappa shape index (κ3) is 7.10. The topological polar surface area (TPSA) is 78.4 Å². The Hall–Kier alpha value is -1.31. The molecule has 0 aliphatic heterocycles. The number of hydrogen-bond acceptors (Lipinski definition) is 3. The third-order valence-electron chi connectivity index (χ3n) is 2.03. The van der Waals surface area contributed by atoms with Gasteiger partial charge < -0.3 is 15.7 Å². The Morgan fingerprint density at radius 3 is 2.06 bits per heavy atom. The summed E-state index contributed by atoms with van der Waals surface area (Å²) >= 11 is 0. The summed E-state index contributed by atoms with van der Waals surface area (Å²) in [5, 5.41) is 13.0. The van der Waals surface area contributed by atoms with Crippen LogP contribution in [0.1, 0.15) is 20.8 Å². The number of aliphatic carboxylic acids is 1. The van der Waals surface area contributed by atoms with Gasteiger partial charge in [-0.1, -0.05) is 20.8 Å². The van der Waals surface area contributed by atoms with Crippen molar-refractivity contribution in [3.63, 3.8) is 0 Å². The SMILES string of the molecule is CC(C)(C)C(NC(=O)CNCC(F)(F)F)C(=O)O. The van der Waals surface area contributed by atoms with E-state index in [1.807, 2.05) is 5.32 Å². The maximum atomic E-state index is 11.8. The van der Waals surface area contributed by atoms with Gasteiger partial charge in [-0.15, -0.1) is 0 Å². The van der Waals surface area contributed by atoms with E-state index in [0.717, 1.165) is 0 Å². The van der Waals surface area contributed by atoms with Gasteiger partial charge in [0, 0.05) is 0 Å². The fourth-order valence-electron chi connectivity index (χ4n) is 1.18. The van der Waals surface area contributed by atoms with Crippen LogP contribution in [0, 0.1) is 5.41 Å². The highest BCUT2D eigenvalue weighted by molar-refractivity contribution is 5.85. The summed E-state index contributed by atoms with van der Waals surface area (Å²) in [6, 6.07) is -1.15. The summed E-state index contributed by atoms with van der Waals surface area (Å²) in [5.41, 5.74) is -0.731. The molecule has 8 heteroatoms. The first-order chi connectivity index (χ1) is 7.93. The highest BCUT2D eigenvalue weighted by Gasteiger charge is 2.32. The molecule has 0 fully saturated rings. The molecular formula is C10H17F3N2O3. The van der Waals surface area contributed by atoms with Crippen molar-refractivity contribution in [2.24, 2.45) is 5.41 Å². The van der Waals surface area contributed by atoms with Gasteiger partial charge in [-0.05, 0) is 5.41 Å². The summed E-state index contributed by atoms with van der Waals surface area (Å²) in [6.07, 6.45) is -4.41. The molecule has 1 unspecified atom stereocenters. The van der Waals surface area contributed by atoms with E-state index in [1.54, 1.807) is 20.8 Å². The van der Waals surface area contributed by atoms with Gasteiger partial charge in [0.15, 0.2) is 0 Å². The number of carbonyl (C=O) groups excluding carboxylic acids is 1. The average Bonchev–Trinajstić information content (AvgIpc) is 2.09. The molecule has 0 aromatic heterocycles. The summed E-state index contributed by atoms with van der Waals surface area (Å²) in [4.78, 5) is 22.2.